The van der Waals surface area contributed by atoms with Gasteiger partial charge < -0.3 is 10.2 Å². The summed E-state index contributed by atoms with van der Waals surface area (Å²) in [7, 11) is 1.81. The predicted octanol–water partition coefficient (Wildman–Crippen LogP) is 3.43. The van der Waals surface area contributed by atoms with Crippen LogP contribution in [-0.4, -0.2) is 48.3 Å². The Morgan fingerprint density at radius 2 is 1.88 bits per heavy atom. The Balaban J connectivity index is 1.88. The van der Waals surface area contributed by atoms with Crippen LogP contribution in [0.15, 0.2) is 36.0 Å². The van der Waals surface area contributed by atoms with E-state index in [-0.39, 0.29) is 24.9 Å². The number of allylic oxidation sites excluding steroid dienone is 2. The molecule has 0 saturated carbocycles. The first-order valence-electron chi connectivity index (χ1n) is 9.60. The number of carbonyl (C=O) groups excluding carboxylic acids is 2. The molecule has 2 amide bonds. The van der Waals surface area contributed by atoms with Crippen LogP contribution >= 0.6 is 0 Å². The zero-order valence-electron chi connectivity index (χ0n) is 16.3. The second-order valence-electron chi connectivity index (χ2n) is 6.81. The summed E-state index contributed by atoms with van der Waals surface area (Å²) in [4.78, 5) is 28.6. The van der Waals surface area contributed by atoms with Crippen molar-refractivity contribution in [2.24, 2.45) is 0 Å². The minimum Gasteiger partial charge on any atom is -0.325 e. The summed E-state index contributed by atoms with van der Waals surface area (Å²) in [6.07, 6.45) is 7.41. The number of likely N-dealkylation sites (N-methyl/N-ethyl adjacent to an activating group) is 2. The number of benzene rings is 1. The van der Waals surface area contributed by atoms with E-state index in [1.165, 1.54) is 6.42 Å². The standard InChI is InChI=1S/C21H31N3O2/c1-4-17-11-9-10-14-19(17)22-20(25)15-23(3)16-21(26)24(5-2)18-12-7-6-8-13-18/h9-12,14H,4-8,13,15-16H2,1-3H3,(H,22,25). The first kappa shape index (κ1) is 20.2. The molecule has 0 unspecified atom stereocenters. The summed E-state index contributed by atoms with van der Waals surface area (Å²) < 4.78 is 0. The molecule has 1 aliphatic rings. The fourth-order valence-electron chi connectivity index (χ4n) is 3.36. The Morgan fingerprint density at radius 3 is 2.54 bits per heavy atom. The highest BCUT2D eigenvalue weighted by Crippen LogP contribution is 2.21. The number of rotatable bonds is 8. The van der Waals surface area contributed by atoms with Gasteiger partial charge in [-0.1, -0.05) is 31.2 Å². The molecule has 26 heavy (non-hydrogen) atoms. The first-order valence-corrected chi connectivity index (χ1v) is 9.60. The average Bonchev–Trinajstić information content (AvgIpc) is 2.63. The van der Waals surface area contributed by atoms with Crippen molar-refractivity contribution in [3.8, 4) is 0 Å². The molecule has 0 radical (unpaired) electrons. The third-order valence-corrected chi connectivity index (χ3v) is 4.72. The van der Waals surface area contributed by atoms with E-state index in [1.54, 1.807) is 4.90 Å². The maximum atomic E-state index is 12.6. The summed E-state index contributed by atoms with van der Waals surface area (Å²) in [6.45, 7) is 5.18. The van der Waals surface area contributed by atoms with Crippen LogP contribution in [-0.2, 0) is 16.0 Å². The molecule has 1 aromatic rings. The maximum Gasteiger partial charge on any atom is 0.240 e. The quantitative estimate of drug-likeness (QED) is 0.775. The molecule has 0 spiro atoms. The van der Waals surface area contributed by atoms with Crippen LogP contribution in [0.2, 0.25) is 0 Å². The van der Waals surface area contributed by atoms with Crippen LogP contribution in [0.1, 0.15) is 45.1 Å². The second-order valence-corrected chi connectivity index (χ2v) is 6.81. The highest BCUT2D eigenvalue weighted by molar-refractivity contribution is 5.93. The molecule has 5 nitrogen and oxygen atoms in total. The number of para-hydroxylation sites is 1. The number of amides is 2. The van der Waals surface area contributed by atoms with Gasteiger partial charge in [0.1, 0.15) is 0 Å². The number of carbonyl (C=O) groups is 2. The SMILES string of the molecule is CCc1ccccc1NC(=O)CN(C)CC(=O)N(CC)C1=CCCCC1. The molecule has 142 valence electrons. The van der Waals surface area contributed by atoms with Gasteiger partial charge in [0.15, 0.2) is 0 Å². The largest absolute Gasteiger partial charge is 0.325 e. The van der Waals surface area contributed by atoms with Gasteiger partial charge in [-0.2, -0.15) is 0 Å². The number of aryl methyl sites for hydroxylation is 1. The lowest BCUT2D eigenvalue weighted by Crippen LogP contribution is -2.41. The zero-order valence-corrected chi connectivity index (χ0v) is 16.3. The summed E-state index contributed by atoms with van der Waals surface area (Å²) in [5.74, 6) is -0.0361. The lowest BCUT2D eigenvalue weighted by atomic mass is 10.0. The Morgan fingerprint density at radius 1 is 1.12 bits per heavy atom. The van der Waals surface area contributed by atoms with E-state index in [0.717, 1.165) is 42.6 Å². The van der Waals surface area contributed by atoms with Gasteiger partial charge >= 0.3 is 0 Å². The fourth-order valence-corrected chi connectivity index (χ4v) is 3.36. The van der Waals surface area contributed by atoms with E-state index in [1.807, 2.05) is 43.1 Å². The van der Waals surface area contributed by atoms with Crippen molar-refractivity contribution in [2.45, 2.75) is 46.0 Å². The fraction of sp³-hybridized carbons (Fsp3) is 0.524. The highest BCUT2D eigenvalue weighted by Gasteiger charge is 2.20. The maximum absolute atomic E-state index is 12.6. The van der Waals surface area contributed by atoms with E-state index in [9.17, 15) is 9.59 Å². The molecule has 1 aromatic carbocycles. The minimum atomic E-state index is -0.0962. The molecule has 0 saturated heterocycles. The van der Waals surface area contributed by atoms with E-state index >= 15 is 0 Å². The van der Waals surface area contributed by atoms with Gasteiger partial charge in [0.05, 0.1) is 13.1 Å². The smallest absolute Gasteiger partial charge is 0.240 e. The van der Waals surface area contributed by atoms with E-state index < -0.39 is 0 Å². The normalized spacial score (nSPS) is 14.1. The molecule has 0 aromatic heterocycles. The topological polar surface area (TPSA) is 52.7 Å². The third kappa shape index (κ3) is 5.70. The molecule has 5 heteroatoms. The molecule has 2 rings (SSSR count). The molecule has 1 aliphatic carbocycles. The highest BCUT2D eigenvalue weighted by atomic mass is 16.2. The molecule has 1 N–H and O–H groups in total. The molecule has 0 fully saturated rings. The van der Waals surface area contributed by atoms with Gasteiger partial charge in [0.2, 0.25) is 11.8 Å². The van der Waals surface area contributed by atoms with E-state index in [4.69, 9.17) is 0 Å². The van der Waals surface area contributed by atoms with Crippen LogP contribution in [0, 0.1) is 0 Å². The van der Waals surface area contributed by atoms with Crippen molar-refractivity contribution in [1.82, 2.24) is 9.80 Å². The minimum absolute atomic E-state index is 0.0601. The van der Waals surface area contributed by atoms with Gasteiger partial charge in [0.25, 0.3) is 0 Å². The number of hydrogen-bond donors (Lipinski definition) is 1. The third-order valence-electron chi connectivity index (χ3n) is 4.72. The molecule has 0 aliphatic heterocycles. The molecular weight excluding hydrogens is 326 g/mol. The van der Waals surface area contributed by atoms with Crippen molar-refractivity contribution in [2.75, 3.05) is 32.0 Å². The molecule has 0 bridgehead atoms. The van der Waals surface area contributed by atoms with Crippen LogP contribution < -0.4 is 5.32 Å². The van der Waals surface area contributed by atoms with Crippen LogP contribution in [0.5, 0.6) is 0 Å². The number of nitrogens with one attached hydrogen (secondary N) is 1. The lowest BCUT2D eigenvalue weighted by molar-refractivity contribution is -0.130. The Bertz CT molecular complexity index is 654. The lowest BCUT2D eigenvalue weighted by Gasteiger charge is -2.28. The van der Waals surface area contributed by atoms with Crippen molar-refractivity contribution >= 4 is 17.5 Å². The van der Waals surface area contributed by atoms with E-state index in [0.29, 0.717) is 6.54 Å². The predicted molar refractivity (Wildman–Crippen MR) is 106 cm³/mol. The van der Waals surface area contributed by atoms with Crippen LogP contribution in [0.4, 0.5) is 5.69 Å². The molecule has 0 heterocycles. The van der Waals surface area contributed by atoms with Crippen LogP contribution in [0.25, 0.3) is 0 Å². The van der Waals surface area contributed by atoms with Gasteiger partial charge in [-0.3, -0.25) is 14.5 Å². The van der Waals surface area contributed by atoms with Crippen molar-refractivity contribution in [3.63, 3.8) is 0 Å². The molecular formula is C21H31N3O2. The number of hydrogen-bond acceptors (Lipinski definition) is 3. The van der Waals surface area contributed by atoms with Crippen molar-refractivity contribution in [3.05, 3.63) is 41.6 Å². The second kappa shape index (κ2) is 10.1. The Kier molecular flexibility index (Phi) is 7.85. The van der Waals surface area contributed by atoms with Crippen molar-refractivity contribution in [1.29, 1.82) is 0 Å². The summed E-state index contributed by atoms with van der Waals surface area (Å²) in [6, 6.07) is 7.81. The monoisotopic (exact) mass is 357 g/mol. The number of anilines is 1. The number of nitrogens with zero attached hydrogens (tertiary/aromatic N) is 2. The Hall–Kier alpha value is -2.14. The first-order chi connectivity index (χ1) is 12.5. The summed E-state index contributed by atoms with van der Waals surface area (Å²) >= 11 is 0. The van der Waals surface area contributed by atoms with Crippen molar-refractivity contribution < 1.29 is 9.59 Å². The van der Waals surface area contributed by atoms with E-state index in [2.05, 4.69) is 18.3 Å². The summed E-state index contributed by atoms with van der Waals surface area (Å²) in [5, 5.41) is 2.96. The average molecular weight is 357 g/mol. The van der Waals surface area contributed by atoms with Gasteiger partial charge in [-0.05, 0) is 57.7 Å². The van der Waals surface area contributed by atoms with Gasteiger partial charge in [-0.25, -0.2) is 0 Å². The van der Waals surface area contributed by atoms with Gasteiger partial charge in [0, 0.05) is 17.9 Å². The Labute approximate surface area is 157 Å². The molecule has 0 atom stereocenters. The van der Waals surface area contributed by atoms with Crippen LogP contribution in [0.3, 0.4) is 0 Å². The zero-order chi connectivity index (χ0) is 18.9. The summed E-state index contributed by atoms with van der Waals surface area (Å²) in [5.41, 5.74) is 3.10. The van der Waals surface area contributed by atoms with Gasteiger partial charge in [-0.15, -0.1) is 0 Å².